The van der Waals surface area contributed by atoms with Gasteiger partial charge < -0.3 is 14.6 Å². The third-order valence-corrected chi connectivity index (χ3v) is 8.69. The second-order valence-corrected chi connectivity index (χ2v) is 13.7. The van der Waals surface area contributed by atoms with Crippen LogP contribution in [0.1, 0.15) is 54.8 Å². The van der Waals surface area contributed by atoms with Crippen molar-refractivity contribution >= 4 is 51.5 Å². The van der Waals surface area contributed by atoms with E-state index in [1.807, 2.05) is 30.3 Å². The van der Waals surface area contributed by atoms with Crippen LogP contribution in [0.4, 0.5) is 5.69 Å². The van der Waals surface area contributed by atoms with Gasteiger partial charge in [-0.3, -0.25) is 19.5 Å². The summed E-state index contributed by atoms with van der Waals surface area (Å²) in [6, 6.07) is 35.0. The third kappa shape index (κ3) is 8.25. The zero-order valence-electron chi connectivity index (χ0n) is 27.6. The molecule has 252 valence electrons. The summed E-state index contributed by atoms with van der Waals surface area (Å²) in [5.41, 5.74) is 2.46. The Hall–Kier alpha value is -5.37. The number of fused-ring (bicyclic) bond motifs is 1. The number of rotatable bonds is 10. The van der Waals surface area contributed by atoms with Crippen LogP contribution >= 0.6 is 23.2 Å². The van der Waals surface area contributed by atoms with Crippen molar-refractivity contribution in [1.29, 1.82) is 0 Å². The minimum atomic E-state index is -1.07. The quantitative estimate of drug-likeness (QED) is 0.153. The summed E-state index contributed by atoms with van der Waals surface area (Å²) in [4.78, 5) is 32.6. The van der Waals surface area contributed by atoms with Gasteiger partial charge in [-0.25, -0.2) is 0 Å². The highest BCUT2D eigenvalue weighted by atomic mass is 35.5. The number of pyridine rings is 1. The van der Waals surface area contributed by atoms with Gasteiger partial charge in [0.1, 0.15) is 28.7 Å². The maximum atomic E-state index is 14.4. The smallest absolute Gasteiger partial charge is 0.305 e. The molecule has 9 heteroatoms. The fourth-order valence-corrected chi connectivity index (χ4v) is 5.80. The van der Waals surface area contributed by atoms with Gasteiger partial charge in [0.15, 0.2) is 0 Å². The molecule has 1 heterocycles. The van der Waals surface area contributed by atoms with E-state index in [4.69, 9.17) is 32.7 Å². The lowest BCUT2D eigenvalue weighted by Gasteiger charge is -2.31. The molecular weight excluding hydrogens is 671 g/mol. The van der Waals surface area contributed by atoms with E-state index >= 15 is 0 Å². The Labute approximate surface area is 300 Å². The highest BCUT2D eigenvalue weighted by Gasteiger charge is 2.31. The topological polar surface area (TPSA) is 89.0 Å². The Kier molecular flexibility index (Phi) is 10.1. The zero-order chi connectivity index (χ0) is 35.4. The number of amides is 1. The average Bonchev–Trinajstić information content (AvgIpc) is 3.09. The number of benzene rings is 5. The Bertz CT molecular complexity index is 2130. The van der Waals surface area contributed by atoms with Gasteiger partial charge in [-0.2, -0.15) is 0 Å². The summed E-state index contributed by atoms with van der Waals surface area (Å²) >= 11 is 12.2. The number of halogens is 2. The molecule has 1 N–H and O–H groups in total. The van der Waals surface area contributed by atoms with Crippen LogP contribution in [0.25, 0.3) is 10.8 Å². The van der Waals surface area contributed by atoms with Crippen LogP contribution in [0.3, 0.4) is 0 Å². The monoisotopic (exact) mass is 704 g/mol. The first-order valence-electron chi connectivity index (χ1n) is 16.0. The molecule has 1 aromatic heterocycles. The van der Waals surface area contributed by atoms with Crippen molar-refractivity contribution in [2.45, 2.75) is 38.6 Å². The first-order valence-corrected chi connectivity index (χ1v) is 16.7. The standard InChI is InChI=1S/C41H34Cl2N2O5/c1-41(2,3)29-7-18-34(19-8-29)50-36-17-6-27-23-37(44-25-28(27)22-36)40(48)45(32-13-9-30(42)10-14-32)38(24-39(46)47)26-4-15-33(16-5-26)49-35-20-11-31(43)12-21-35/h4-23,25,38H,24H2,1-3H3,(H,46,47). The second kappa shape index (κ2) is 14.6. The van der Waals surface area contributed by atoms with Gasteiger partial charge in [0.05, 0.1) is 12.5 Å². The molecule has 5 aromatic carbocycles. The number of anilines is 1. The van der Waals surface area contributed by atoms with Gasteiger partial charge in [0.2, 0.25) is 0 Å². The van der Waals surface area contributed by atoms with Gasteiger partial charge >= 0.3 is 5.97 Å². The van der Waals surface area contributed by atoms with Crippen LogP contribution in [0.15, 0.2) is 128 Å². The maximum absolute atomic E-state index is 14.4. The Morgan fingerprint density at radius 3 is 1.80 bits per heavy atom. The summed E-state index contributed by atoms with van der Waals surface area (Å²) in [5.74, 6) is 0.935. The molecule has 1 unspecified atom stereocenters. The molecule has 7 nitrogen and oxygen atoms in total. The molecule has 6 aromatic rings. The molecule has 1 atom stereocenters. The van der Waals surface area contributed by atoms with Crippen molar-refractivity contribution in [3.05, 3.63) is 154 Å². The zero-order valence-corrected chi connectivity index (χ0v) is 29.2. The highest BCUT2D eigenvalue weighted by Crippen LogP contribution is 2.35. The Morgan fingerprint density at radius 1 is 0.700 bits per heavy atom. The fourth-order valence-electron chi connectivity index (χ4n) is 5.54. The van der Waals surface area contributed by atoms with Crippen molar-refractivity contribution in [1.82, 2.24) is 4.98 Å². The van der Waals surface area contributed by atoms with Crippen molar-refractivity contribution < 1.29 is 24.2 Å². The molecule has 0 fully saturated rings. The third-order valence-electron chi connectivity index (χ3n) is 8.19. The lowest BCUT2D eigenvalue weighted by Crippen LogP contribution is -2.36. The van der Waals surface area contributed by atoms with Crippen LogP contribution < -0.4 is 14.4 Å². The summed E-state index contributed by atoms with van der Waals surface area (Å²) in [5, 5.41) is 12.6. The summed E-state index contributed by atoms with van der Waals surface area (Å²) < 4.78 is 12.1. The molecule has 1 amide bonds. The maximum Gasteiger partial charge on any atom is 0.305 e. The van der Waals surface area contributed by atoms with Gasteiger partial charge in [-0.1, -0.05) is 74.3 Å². The van der Waals surface area contributed by atoms with Crippen molar-refractivity contribution in [2.75, 3.05) is 4.90 Å². The number of carbonyl (C=O) groups is 2. The number of ether oxygens (including phenoxy) is 2. The molecule has 0 spiro atoms. The molecule has 0 saturated carbocycles. The summed E-state index contributed by atoms with van der Waals surface area (Å²) in [6.45, 7) is 6.49. The molecule has 0 bridgehead atoms. The number of carboxylic acid groups (broad SMARTS) is 1. The molecular formula is C41H34Cl2N2O5. The number of aromatic nitrogens is 1. The van der Waals surface area contributed by atoms with Crippen molar-refractivity contribution in [2.24, 2.45) is 0 Å². The van der Waals surface area contributed by atoms with E-state index in [1.54, 1.807) is 85.1 Å². The average molecular weight is 706 g/mol. The Morgan fingerprint density at radius 2 is 1.22 bits per heavy atom. The van der Waals surface area contributed by atoms with Crippen molar-refractivity contribution in [3.8, 4) is 23.0 Å². The van der Waals surface area contributed by atoms with Gasteiger partial charge in [-0.15, -0.1) is 0 Å². The summed E-state index contributed by atoms with van der Waals surface area (Å²) in [7, 11) is 0. The predicted octanol–water partition coefficient (Wildman–Crippen LogP) is 11.3. The van der Waals surface area contributed by atoms with Crippen LogP contribution in [0.2, 0.25) is 10.0 Å². The number of aliphatic carboxylic acids is 1. The van der Waals surface area contributed by atoms with Gasteiger partial charge in [0, 0.05) is 27.3 Å². The number of carbonyl (C=O) groups excluding carboxylic acids is 1. The fraction of sp³-hybridized carbons (Fsp3) is 0.146. The Balaban J connectivity index is 1.30. The van der Waals surface area contributed by atoms with Crippen molar-refractivity contribution in [3.63, 3.8) is 0 Å². The van der Waals surface area contributed by atoms with E-state index in [-0.39, 0.29) is 17.5 Å². The minimum absolute atomic E-state index is 0.0388. The van der Waals surface area contributed by atoms with Crippen LogP contribution in [0.5, 0.6) is 23.0 Å². The van der Waals surface area contributed by atoms with Gasteiger partial charge in [-0.05, 0) is 113 Å². The molecule has 6 rings (SSSR count). The first kappa shape index (κ1) is 34.5. The van der Waals surface area contributed by atoms with Crippen LogP contribution in [0, 0.1) is 0 Å². The normalized spacial score (nSPS) is 11.9. The minimum Gasteiger partial charge on any atom is -0.481 e. The van der Waals surface area contributed by atoms with E-state index < -0.39 is 17.9 Å². The molecule has 0 aliphatic heterocycles. The predicted molar refractivity (Wildman–Crippen MR) is 198 cm³/mol. The largest absolute Gasteiger partial charge is 0.481 e. The van der Waals surface area contributed by atoms with E-state index in [1.165, 1.54) is 10.5 Å². The first-order chi connectivity index (χ1) is 23.9. The number of carboxylic acids is 1. The SMILES string of the molecule is CC(C)(C)c1ccc(Oc2ccc3cc(C(=O)N(c4ccc(Cl)cc4)C(CC(=O)O)c4ccc(Oc5ccc(Cl)cc5)cc4)ncc3c2)cc1. The molecule has 0 saturated heterocycles. The number of hydrogen-bond acceptors (Lipinski definition) is 5. The van der Waals surface area contributed by atoms with Crippen LogP contribution in [-0.2, 0) is 10.2 Å². The molecule has 50 heavy (non-hydrogen) atoms. The number of hydrogen-bond donors (Lipinski definition) is 1. The molecule has 0 aliphatic carbocycles. The highest BCUT2D eigenvalue weighted by molar-refractivity contribution is 6.31. The number of nitrogens with zero attached hydrogens (tertiary/aromatic N) is 2. The van der Waals surface area contributed by atoms with E-state index in [0.717, 1.165) is 10.8 Å². The van der Waals surface area contributed by atoms with E-state index in [9.17, 15) is 14.7 Å². The van der Waals surface area contributed by atoms with Crippen LogP contribution in [-0.4, -0.2) is 22.0 Å². The van der Waals surface area contributed by atoms with E-state index in [0.29, 0.717) is 44.3 Å². The molecule has 0 aliphatic rings. The van der Waals surface area contributed by atoms with Gasteiger partial charge in [0.25, 0.3) is 5.91 Å². The second-order valence-electron chi connectivity index (χ2n) is 12.8. The van der Waals surface area contributed by atoms with E-state index in [2.05, 4.69) is 37.9 Å². The lowest BCUT2D eigenvalue weighted by atomic mass is 9.87. The molecule has 0 radical (unpaired) electrons. The summed E-state index contributed by atoms with van der Waals surface area (Å²) in [6.07, 6.45) is 1.25. The lowest BCUT2D eigenvalue weighted by molar-refractivity contribution is -0.137.